The fraction of sp³-hybridized carbons (Fsp3) is 0.182. The Hall–Kier alpha value is -3.54. The van der Waals surface area contributed by atoms with Crippen molar-refractivity contribution >= 4 is 17.8 Å². The molecule has 2 aromatic carbocycles. The van der Waals surface area contributed by atoms with Crippen molar-refractivity contribution < 1.29 is 28.9 Å². The second-order valence-electron chi connectivity index (χ2n) is 5.83. The van der Waals surface area contributed by atoms with E-state index in [1.54, 1.807) is 55.7 Å². The summed E-state index contributed by atoms with van der Waals surface area (Å²) in [6, 6.07) is 11.7. The Morgan fingerprint density at radius 1 is 1.14 bits per heavy atom. The zero-order chi connectivity index (χ0) is 20.5. The molecule has 1 unspecified atom stereocenters. The van der Waals surface area contributed by atoms with Gasteiger partial charge in [0.1, 0.15) is 12.4 Å². The Balaban J connectivity index is 2.06. The van der Waals surface area contributed by atoms with Crippen molar-refractivity contribution in [1.82, 2.24) is 0 Å². The smallest absolute Gasteiger partial charge is 0.344 e. The number of ether oxygens (including phenoxy) is 3. The molecule has 0 saturated heterocycles. The lowest BCUT2D eigenvalue weighted by Gasteiger charge is -2.10. The van der Waals surface area contributed by atoms with Crippen LogP contribution in [0.2, 0.25) is 0 Å². The Morgan fingerprint density at radius 2 is 1.86 bits per heavy atom. The van der Waals surface area contributed by atoms with Crippen LogP contribution in [0.3, 0.4) is 0 Å². The van der Waals surface area contributed by atoms with Gasteiger partial charge in [-0.25, -0.2) is 4.79 Å². The van der Waals surface area contributed by atoms with Crippen molar-refractivity contribution in [2.45, 2.75) is 13.0 Å². The average molecular weight is 382 g/mol. The van der Waals surface area contributed by atoms with Crippen LogP contribution in [0.4, 0.5) is 0 Å². The minimum absolute atomic E-state index is 0.191. The van der Waals surface area contributed by atoms with E-state index in [0.717, 1.165) is 5.56 Å². The maximum atomic E-state index is 12.3. The van der Waals surface area contributed by atoms with Gasteiger partial charge < -0.3 is 19.3 Å². The first-order valence-corrected chi connectivity index (χ1v) is 8.58. The molecule has 0 bridgehead atoms. The summed E-state index contributed by atoms with van der Waals surface area (Å²) in [4.78, 5) is 23.1. The van der Waals surface area contributed by atoms with E-state index in [9.17, 15) is 9.59 Å². The lowest BCUT2D eigenvalue weighted by molar-refractivity contribution is -0.144. The number of methoxy groups -OCH3 is 1. The molecule has 0 aromatic heterocycles. The van der Waals surface area contributed by atoms with Crippen molar-refractivity contribution in [2.75, 3.05) is 13.7 Å². The Labute approximate surface area is 163 Å². The van der Waals surface area contributed by atoms with Crippen molar-refractivity contribution in [1.29, 1.82) is 0 Å². The molecule has 0 amide bonds. The van der Waals surface area contributed by atoms with Gasteiger partial charge in [0.2, 0.25) is 0 Å². The van der Waals surface area contributed by atoms with E-state index < -0.39 is 12.1 Å². The molecule has 6 heteroatoms. The molecule has 1 atom stereocenters. The Bertz CT molecular complexity index is 867. The van der Waals surface area contributed by atoms with Crippen molar-refractivity contribution in [3.05, 3.63) is 72.3 Å². The molecular formula is C22H22O6. The topological polar surface area (TPSA) is 82.1 Å². The van der Waals surface area contributed by atoms with Crippen LogP contribution >= 0.6 is 0 Å². The molecule has 1 N–H and O–H groups in total. The van der Waals surface area contributed by atoms with E-state index in [1.807, 2.05) is 6.07 Å². The summed E-state index contributed by atoms with van der Waals surface area (Å²) in [6.45, 7) is 5.41. The van der Waals surface area contributed by atoms with Crippen LogP contribution in [0, 0.1) is 0 Å². The molecule has 2 rings (SSSR count). The van der Waals surface area contributed by atoms with Gasteiger partial charge in [0, 0.05) is 5.56 Å². The Morgan fingerprint density at radius 3 is 2.46 bits per heavy atom. The SMILES string of the molecule is C=CCOc1ccc(/C=C/C(=O)c2ccc(OC(C)C(=O)O)cc2)cc1OC. The van der Waals surface area contributed by atoms with Gasteiger partial charge in [-0.15, -0.1) is 0 Å². The molecule has 6 nitrogen and oxygen atoms in total. The maximum absolute atomic E-state index is 12.3. The van der Waals surface area contributed by atoms with E-state index >= 15 is 0 Å². The quantitative estimate of drug-likeness (QED) is 0.380. The number of carboxylic acid groups (broad SMARTS) is 1. The number of carbonyl (C=O) groups is 2. The summed E-state index contributed by atoms with van der Waals surface area (Å²) in [5.41, 5.74) is 1.25. The predicted molar refractivity (Wildman–Crippen MR) is 106 cm³/mol. The van der Waals surface area contributed by atoms with E-state index in [-0.39, 0.29) is 5.78 Å². The lowest BCUT2D eigenvalue weighted by atomic mass is 10.1. The van der Waals surface area contributed by atoms with Crippen molar-refractivity contribution in [3.63, 3.8) is 0 Å². The summed E-state index contributed by atoms with van der Waals surface area (Å²) in [6.07, 6.45) is 3.81. The molecule has 0 radical (unpaired) electrons. The summed E-state index contributed by atoms with van der Waals surface area (Å²) in [5.74, 6) is 0.293. The highest BCUT2D eigenvalue weighted by Crippen LogP contribution is 2.28. The fourth-order valence-electron chi connectivity index (χ4n) is 2.28. The van der Waals surface area contributed by atoms with Gasteiger partial charge in [-0.3, -0.25) is 4.79 Å². The van der Waals surface area contributed by atoms with Gasteiger partial charge in [-0.2, -0.15) is 0 Å². The number of benzene rings is 2. The normalized spacial score (nSPS) is 11.6. The van der Waals surface area contributed by atoms with Gasteiger partial charge in [0.15, 0.2) is 23.4 Å². The highest BCUT2D eigenvalue weighted by molar-refractivity contribution is 6.06. The zero-order valence-corrected chi connectivity index (χ0v) is 15.8. The van der Waals surface area contributed by atoms with Gasteiger partial charge in [-0.1, -0.05) is 24.8 Å². The number of rotatable bonds is 10. The number of hydrogen-bond acceptors (Lipinski definition) is 5. The largest absolute Gasteiger partial charge is 0.493 e. The highest BCUT2D eigenvalue weighted by atomic mass is 16.5. The number of carbonyl (C=O) groups excluding carboxylic acids is 1. The van der Waals surface area contributed by atoms with Crippen LogP contribution in [-0.4, -0.2) is 36.7 Å². The van der Waals surface area contributed by atoms with Crippen LogP contribution in [0.5, 0.6) is 17.2 Å². The van der Waals surface area contributed by atoms with E-state index in [2.05, 4.69) is 6.58 Å². The first kappa shape index (κ1) is 20.8. The van der Waals surface area contributed by atoms with Gasteiger partial charge >= 0.3 is 5.97 Å². The molecule has 0 aliphatic heterocycles. The number of ketones is 1. The summed E-state index contributed by atoms with van der Waals surface area (Å²) < 4.78 is 16.0. The number of allylic oxidation sites excluding steroid dienone is 1. The minimum Gasteiger partial charge on any atom is -0.493 e. The third-order valence-electron chi connectivity index (χ3n) is 3.77. The Kier molecular flexibility index (Phi) is 7.39. The van der Waals surface area contributed by atoms with Gasteiger partial charge in [-0.05, 0) is 55.0 Å². The van der Waals surface area contributed by atoms with E-state index in [4.69, 9.17) is 19.3 Å². The monoisotopic (exact) mass is 382 g/mol. The average Bonchev–Trinajstić information content (AvgIpc) is 2.71. The standard InChI is InChI=1S/C22H22O6/c1-4-13-27-20-12-6-16(14-21(20)26-3)5-11-19(23)17-7-9-18(10-8-17)28-15(2)22(24)25/h4-12,14-15H,1,13H2,2-3H3,(H,24,25)/b11-5+. The van der Waals surface area contributed by atoms with Crippen LogP contribution in [0.1, 0.15) is 22.8 Å². The second kappa shape index (κ2) is 9.97. The third kappa shape index (κ3) is 5.74. The van der Waals surface area contributed by atoms with Gasteiger partial charge in [0.25, 0.3) is 0 Å². The van der Waals surface area contributed by atoms with Crippen LogP contribution in [-0.2, 0) is 4.79 Å². The molecule has 146 valence electrons. The molecule has 28 heavy (non-hydrogen) atoms. The third-order valence-corrected chi connectivity index (χ3v) is 3.77. The van der Waals surface area contributed by atoms with Crippen molar-refractivity contribution in [3.8, 4) is 17.2 Å². The summed E-state index contributed by atoms with van der Waals surface area (Å²) in [7, 11) is 1.55. The molecule has 0 aliphatic carbocycles. The maximum Gasteiger partial charge on any atom is 0.344 e. The number of aliphatic carboxylic acids is 1. The first-order chi connectivity index (χ1) is 13.4. The predicted octanol–water partition coefficient (Wildman–Crippen LogP) is 4.01. The fourth-order valence-corrected chi connectivity index (χ4v) is 2.28. The first-order valence-electron chi connectivity index (χ1n) is 8.58. The number of hydrogen-bond donors (Lipinski definition) is 1. The molecular weight excluding hydrogens is 360 g/mol. The molecule has 2 aromatic rings. The second-order valence-corrected chi connectivity index (χ2v) is 5.83. The zero-order valence-electron chi connectivity index (χ0n) is 15.8. The minimum atomic E-state index is -1.06. The highest BCUT2D eigenvalue weighted by Gasteiger charge is 2.12. The van der Waals surface area contributed by atoms with Crippen molar-refractivity contribution in [2.24, 2.45) is 0 Å². The van der Waals surface area contributed by atoms with Crippen LogP contribution in [0.15, 0.2) is 61.2 Å². The molecule has 0 fully saturated rings. The van der Waals surface area contributed by atoms with E-state index in [0.29, 0.717) is 29.4 Å². The van der Waals surface area contributed by atoms with Gasteiger partial charge in [0.05, 0.1) is 7.11 Å². The van der Waals surface area contributed by atoms with Crippen LogP contribution in [0.25, 0.3) is 6.08 Å². The van der Waals surface area contributed by atoms with Crippen LogP contribution < -0.4 is 14.2 Å². The summed E-state index contributed by atoms with van der Waals surface area (Å²) in [5, 5.41) is 8.85. The lowest BCUT2D eigenvalue weighted by Crippen LogP contribution is -2.22. The molecule has 0 spiro atoms. The number of carboxylic acids is 1. The molecule has 0 heterocycles. The molecule has 0 saturated carbocycles. The molecule has 0 aliphatic rings. The summed E-state index contributed by atoms with van der Waals surface area (Å²) >= 11 is 0. The van der Waals surface area contributed by atoms with E-state index in [1.165, 1.54) is 13.0 Å².